The van der Waals surface area contributed by atoms with Gasteiger partial charge in [-0.15, -0.1) is 10.2 Å². The lowest BCUT2D eigenvalue weighted by Crippen LogP contribution is -2.26. The Hall–Kier alpha value is -1.47. The summed E-state index contributed by atoms with van der Waals surface area (Å²) in [5.74, 6) is 0. The quantitative estimate of drug-likeness (QED) is 0.751. The molecular formula is C9H8F5N3O2S3. The summed E-state index contributed by atoms with van der Waals surface area (Å²) in [6.07, 6.45) is 0. The molecule has 0 fully saturated rings. The van der Waals surface area contributed by atoms with Crippen LogP contribution in [0.15, 0.2) is 39.6 Å². The number of aromatic nitrogens is 2. The molecule has 0 aliphatic heterocycles. The van der Waals surface area contributed by atoms with E-state index in [0.717, 1.165) is 18.4 Å². The van der Waals surface area contributed by atoms with Crippen molar-refractivity contribution in [3.05, 3.63) is 29.8 Å². The first-order valence-corrected chi connectivity index (χ1v) is 9.58. The van der Waals surface area contributed by atoms with E-state index in [1.165, 1.54) is 5.51 Å². The summed E-state index contributed by atoms with van der Waals surface area (Å²) in [6.45, 7) is 0. The van der Waals surface area contributed by atoms with E-state index in [1.54, 1.807) is 0 Å². The van der Waals surface area contributed by atoms with E-state index in [0.29, 0.717) is 16.4 Å². The minimum atomic E-state index is -9.83. The average Bonchev–Trinajstić information content (AvgIpc) is 2.89. The maximum atomic E-state index is 12.6. The predicted octanol–water partition coefficient (Wildman–Crippen LogP) is 4.02. The number of rotatable bonds is 4. The van der Waals surface area contributed by atoms with Gasteiger partial charge in [0.2, 0.25) is 5.13 Å². The molecule has 0 saturated carbocycles. The van der Waals surface area contributed by atoms with E-state index >= 15 is 0 Å². The summed E-state index contributed by atoms with van der Waals surface area (Å²) >= 11 is 0.889. The third-order valence-corrected chi connectivity index (χ3v) is 6.35. The number of nitrogens with zero attached hydrogens (tertiary/aromatic N) is 3. The third-order valence-electron chi connectivity index (χ3n) is 2.55. The van der Waals surface area contributed by atoms with Gasteiger partial charge in [0.1, 0.15) is 10.4 Å². The van der Waals surface area contributed by atoms with Gasteiger partial charge in [0.25, 0.3) is 10.0 Å². The summed E-state index contributed by atoms with van der Waals surface area (Å²) in [4.78, 5) is -2.73. The molecule has 2 rings (SSSR count). The second-order valence-electron chi connectivity index (χ2n) is 4.13. The molecule has 5 nitrogen and oxygen atoms in total. The van der Waals surface area contributed by atoms with Gasteiger partial charge >= 0.3 is 10.2 Å². The second-order valence-corrected chi connectivity index (χ2v) is 9.32. The third kappa shape index (κ3) is 3.30. The number of anilines is 1. The molecule has 1 aromatic carbocycles. The van der Waals surface area contributed by atoms with Crippen LogP contribution in [-0.4, -0.2) is 25.7 Å². The fourth-order valence-corrected chi connectivity index (χ4v) is 3.98. The van der Waals surface area contributed by atoms with Crippen LogP contribution in [0.25, 0.3) is 0 Å². The number of halogens is 5. The van der Waals surface area contributed by atoms with Crippen LogP contribution in [0.5, 0.6) is 0 Å². The molecule has 22 heavy (non-hydrogen) atoms. The van der Waals surface area contributed by atoms with Crippen LogP contribution in [0.3, 0.4) is 0 Å². The molecule has 0 N–H and O–H groups in total. The van der Waals surface area contributed by atoms with Gasteiger partial charge in [-0.05, 0) is 24.3 Å². The molecule has 0 saturated heterocycles. The normalized spacial score (nSPS) is 15.9. The van der Waals surface area contributed by atoms with Gasteiger partial charge in [0, 0.05) is 7.05 Å². The monoisotopic (exact) mass is 381 g/mol. The van der Waals surface area contributed by atoms with Gasteiger partial charge in [-0.1, -0.05) is 30.8 Å². The average molecular weight is 381 g/mol. The predicted molar refractivity (Wildman–Crippen MR) is 73.3 cm³/mol. The molecule has 1 aromatic heterocycles. The van der Waals surface area contributed by atoms with Gasteiger partial charge in [0.05, 0.1) is 4.90 Å². The van der Waals surface area contributed by atoms with E-state index in [4.69, 9.17) is 0 Å². The summed E-state index contributed by atoms with van der Waals surface area (Å²) in [5.41, 5.74) is 1.26. The van der Waals surface area contributed by atoms with Crippen molar-refractivity contribution in [3.8, 4) is 0 Å². The van der Waals surface area contributed by atoms with Crippen LogP contribution in [-0.2, 0) is 10.0 Å². The lowest BCUT2D eigenvalue weighted by molar-refractivity contribution is 0.364. The Morgan fingerprint density at radius 2 is 1.64 bits per heavy atom. The number of benzene rings is 1. The molecule has 0 spiro atoms. The zero-order valence-corrected chi connectivity index (χ0v) is 13.1. The van der Waals surface area contributed by atoms with Crippen molar-refractivity contribution in [1.82, 2.24) is 10.2 Å². The highest BCUT2D eigenvalue weighted by molar-refractivity contribution is 8.45. The standard InChI is InChI=1S/C9H8F5N3O2S3/c1-17(9-16-15-6-20-9)21(18,19)7-2-4-8(5-3-7)22(10,11,12,13)14/h2-6H,1H3. The number of sulfonamides is 1. The Kier molecular flexibility index (Phi) is 3.30. The van der Waals surface area contributed by atoms with Crippen molar-refractivity contribution in [2.24, 2.45) is 0 Å². The van der Waals surface area contributed by atoms with Crippen molar-refractivity contribution < 1.29 is 27.8 Å². The minimum absolute atomic E-state index is 0.0169. The van der Waals surface area contributed by atoms with Crippen molar-refractivity contribution in [3.63, 3.8) is 0 Å². The van der Waals surface area contributed by atoms with Crippen molar-refractivity contribution in [1.29, 1.82) is 0 Å². The highest BCUT2D eigenvalue weighted by Crippen LogP contribution is 3.02. The van der Waals surface area contributed by atoms with Crippen LogP contribution in [0.2, 0.25) is 0 Å². The Balaban J connectivity index is 2.44. The molecule has 0 amide bonds. The van der Waals surface area contributed by atoms with Crippen molar-refractivity contribution in [2.45, 2.75) is 9.79 Å². The van der Waals surface area contributed by atoms with Crippen LogP contribution in [0.4, 0.5) is 24.6 Å². The first kappa shape index (κ1) is 16.9. The number of hydrogen-bond acceptors (Lipinski definition) is 5. The first-order chi connectivity index (χ1) is 9.71. The highest BCUT2D eigenvalue weighted by Gasteiger charge is 2.65. The summed E-state index contributed by atoms with van der Waals surface area (Å²) < 4.78 is 87.9. The molecule has 1 heterocycles. The molecule has 13 heteroatoms. The molecule has 0 radical (unpaired) electrons. The Morgan fingerprint density at radius 3 is 2.05 bits per heavy atom. The van der Waals surface area contributed by atoms with E-state index in [2.05, 4.69) is 10.2 Å². The summed E-state index contributed by atoms with van der Waals surface area (Å²) in [7, 11) is -12.9. The van der Waals surface area contributed by atoms with E-state index < -0.39 is 30.0 Å². The minimum Gasteiger partial charge on any atom is -0.243 e. The fraction of sp³-hybridized carbons (Fsp3) is 0.111. The second kappa shape index (κ2) is 4.29. The van der Waals surface area contributed by atoms with Gasteiger partial charge in [-0.3, -0.25) is 0 Å². The topological polar surface area (TPSA) is 63.2 Å². The van der Waals surface area contributed by atoms with Crippen LogP contribution < -0.4 is 4.31 Å². The summed E-state index contributed by atoms with van der Waals surface area (Å²) in [5, 5.41) is 6.93. The molecule has 124 valence electrons. The zero-order valence-electron chi connectivity index (χ0n) is 10.7. The molecule has 0 atom stereocenters. The zero-order chi connectivity index (χ0) is 16.9. The molecule has 0 aliphatic carbocycles. The lowest BCUT2D eigenvalue weighted by Gasteiger charge is -2.40. The fourth-order valence-electron chi connectivity index (χ4n) is 1.43. The smallest absolute Gasteiger partial charge is 0.243 e. The molecule has 0 aliphatic rings. The molecular weight excluding hydrogens is 373 g/mol. The van der Waals surface area contributed by atoms with Gasteiger partial charge in [-0.2, -0.15) is 0 Å². The van der Waals surface area contributed by atoms with Gasteiger partial charge in [-0.25, -0.2) is 12.7 Å². The molecule has 0 unspecified atom stereocenters. The van der Waals surface area contributed by atoms with Crippen molar-refractivity contribution in [2.75, 3.05) is 11.4 Å². The molecule has 0 bridgehead atoms. The van der Waals surface area contributed by atoms with Crippen LogP contribution in [0, 0.1) is 0 Å². The molecule has 2 aromatic rings. The Bertz CT molecular complexity index is 788. The Morgan fingerprint density at radius 1 is 1.09 bits per heavy atom. The maximum Gasteiger partial charge on any atom is 0.310 e. The van der Waals surface area contributed by atoms with Gasteiger partial charge in [0.15, 0.2) is 0 Å². The van der Waals surface area contributed by atoms with E-state index in [-0.39, 0.29) is 17.3 Å². The van der Waals surface area contributed by atoms with Crippen molar-refractivity contribution >= 4 is 36.7 Å². The van der Waals surface area contributed by atoms with E-state index in [9.17, 15) is 27.8 Å². The lowest BCUT2D eigenvalue weighted by atomic mass is 10.4. The van der Waals surface area contributed by atoms with Crippen LogP contribution >= 0.6 is 21.6 Å². The maximum absolute atomic E-state index is 12.6. The summed E-state index contributed by atoms with van der Waals surface area (Å²) in [6, 6.07) is 1.03. The highest BCUT2D eigenvalue weighted by atomic mass is 32.5. The number of hydrogen-bond donors (Lipinski definition) is 0. The van der Waals surface area contributed by atoms with Gasteiger partial charge < -0.3 is 0 Å². The Labute approximate surface area is 126 Å². The first-order valence-electron chi connectivity index (χ1n) is 5.31. The van der Waals surface area contributed by atoms with E-state index in [1.807, 2.05) is 0 Å². The largest absolute Gasteiger partial charge is 0.310 e. The SMILES string of the molecule is CN(c1nncs1)S(=O)(=O)c1ccc(S(F)(F)(F)(F)F)cc1. The van der Waals surface area contributed by atoms with Crippen LogP contribution in [0.1, 0.15) is 0 Å².